The molecule has 0 aromatic heterocycles. The molecule has 0 aliphatic rings. The summed E-state index contributed by atoms with van der Waals surface area (Å²) >= 11 is 11.9. The number of ether oxygens (including phenoxy) is 2. The summed E-state index contributed by atoms with van der Waals surface area (Å²) in [5.41, 5.74) is 0.896. The van der Waals surface area contributed by atoms with Crippen molar-refractivity contribution in [2.75, 3.05) is 14.2 Å². The Labute approximate surface area is 154 Å². The van der Waals surface area contributed by atoms with E-state index in [2.05, 4.69) is 0 Å². The minimum absolute atomic E-state index is 0.0621. The highest BCUT2D eigenvalue weighted by atomic mass is 35.5. The van der Waals surface area contributed by atoms with Crippen LogP contribution in [0.3, 0.4) is 0 Å². The van der Waals surface area contributed by atoms with Gasteiger partial charge in [0.25, 0.3) is 0 Å². The van der Waals surface area contributed by atoms with Crippen molar-refractivity contribution in [1.82, 2.24) is 0 Å². The van der Waals surface area contributed by atoms with Crippen molar-refractivity contribution in [3.63, 3.8) is 0 Å². The Bertz CT molecular complexity index is 904. The molecule has 0 amide bonds. The molecule has 0 spiro atoms. The molecule has 0 bridgehead atoms. The summed E-state index contributed by atoms with van der Waals surface area (Å²) in [5.74, 6) is 0.391. The molecule has 8 heteroatoms. The van der Waals surface area contributed by atoms with Gasteiger partial charge in [0, 0.05) is 17.7 Å². The van der Waals surface area contributed by atoms with Crippen molar-refractivity contribution in [3.8, 4) is 17.6 Å². The molecule has 0 radical (unpaired) electrons. The number of methoxy groups -OCH3 is 2. The van der Waals surface area contributed by atoms with Crippen LogP contribution >= 0.6 is 23.2 Å². The van der Waals surface area contributed by atoms with Crippen LogP contribution in [0, 0.1) is 21.4 Å². The molecule has 0 saturated carbocycles. The molecular weight excluding hydrogens is 367 g/mol. The highest BCUT2D eigenvalue weighted by Crippen LogP contribution is 2.36. The van der Waals surface area contributed by atoms with Crippen LogP contribution in [0.5, 0.6) is 11.5 Å². The van der Waals surface area contributed by atoms with E-state index in [-0.39, 0.29) is 17.0 Å². The molecule has 2 aromatic rings. The first-order valence-electron chi connectivity index (χ1n) is 6.89. The van der Waals surface area contributed by atoms with Crippen LogP contribution in [-0.2, 0) is 0 Å². The second-order valence-corrected chi connectivity index (χ2v) is 5.64. The summed E-state index contributed by atoms with van der Waals surface area (Å²) in [7, 11) is 2.75. The number of benzene rings is 2. The van der Waals surface area contributed by atoms with Crippen molar-refractivity contribution in [3.05, 3.63) is 61.6 Å². The van der Waals surface area contributed by atoms with Gasteiger partial charge in [-0.3, -0.25) is 10.1 Å². The zero-order chi connectivity index (χ0) is 18.6. The van der Waals surface area contributed by atoms with Crippen LogP contribution in [-0.4, -0.2) is 19.1 Å². The molecule has 25 heavy (non-hydrogen) atoms. The zero-order valence-electron chi connectivity index (χ0n) is 13.2. The van der Waals surface area contributed by atoms with Crippen molar-refractivity contribution in [2.45, 2.75) is 0 Å². The third kappa shape index (κ3) is 4.02. The van der Waals surface area contributed by atoms with E-state index < -0.39 is 4.92 Å². The first kappa shape index (κ1) is 18.6. The van der Waals surface area contributed by atoms with E-state index in [1.807, 2.05) is 6.07 Å². The maximum absolute atomic E-state index is 11.2. The number of hydrogen-bond donors (Lipinski definition) is 0. The molecule has 0 aliphatic heterocycles. The van der Waals surface area contributed by atoms with Crippen LogP contribution in [0.15, 0.2) is 30.3 Å². The van der Waals surface area contributed by atoms with E-state index in [1.165, 1.54) is 32.4 Å². The molecule has 2 rings (SSSR count). The van der Waals surface area contributed by atoms with Gasteiger partial charge >= 0.3 is 5.69 Å². The Morgan fingerprint density at radius 2 is 1.84 bits per heavy atom. The molecule has 128 valence electrons. The molecular formula is C17H12Cl2N2O4. The average molecular weight is 379 g/mol. The minimum atomic E-state index is -0.569. The number of nitriles is 1. The number of rotatable bonds is 5. The molecule has 0 saturated heterocycles. The van der Waals surface area contributed by atoms with E-state index in [9.17, 15) is 15.4 Å². The van der Waals surface area contributed by atoms with E-state index in [4.69, 9.17) is 32.7 Å². The van der Waals surface area contributed by atoms with Crippen LogP contribution in [0.25, 0.3) is 11.6 Å². The van der Waals surface area contributed by atoms with Crippen molar-refractivity contribution in [1.29, 1.82) is 5.26 Å². The van der Waals surface area contributed by atoms with Crippen LogP contribution in [0.4, 0.5) is 5.69 Å². The molecule has 0 unspecified atom stereocenters. The number of hydrogen-bond acceptors (Lipinski definition) is 5. The van der Waals surface area contributed by atoms with Crippen molar-refractivity contribution >= 4 is 40.5 Å². The monoisotopic (exact) mass is 378 g/mol. The second kappa shape index (κ2) is 7.88. The van der Waals surface area contributed by atoms with Crippen LogP contribution in [0.1, 0.15) is 11.1 Å². The Morgan fingerprint density at radius 1 is 1.16 bits per heavy atom. The van der Waals surface area contributed by atoms with Crippen molar-refractivity contribution < 1.29 is 14.4 Å². The fourth-order valence-electron chi connectivity index (χ4n) is 2.16. The number of allylic oxidation sites excluding steroid dienone is 1. The minimum Gasteiger partial charge on any atom is -0.496 e. The molecule has 0 heterocycles. The quantitative estimate of drug-likeness (QED) is 0.316. The number of nitro groups is 1. The maximum Gasteiger partial charge on any atom is 0.311 e. The second-order valence-electron chi connectivity index (χ2n) is 4.82. The van der Waals surface area contributed by atoms with E-state index in [1.54, 1.807) is 18.2 Å². The van der Waals surface area contributed by atoms with Gasteiger partial charge in [0.05, 0.1) is 40.8 Å². The Balaban J connectivity index is 2.64. The third-order valence-corrected chi connectivity index (χ3v) is 4.12. The largest absolute Gasteiger partial charge is 0.496 e. The lowest BCUT2D eigenvalue weighted by Crippen LogP contribution is -1.97. The molecule has 0 fully saturated rings. The van der Waals surface area contributed by atoms with Gasteiger partial charge in [-0.1, -0.05) is 29.3 Å². The number of nitro benzene ring substituents is 1. The van der Waals surface area contributed by atoms with Gasteiger partial charge in [-0.25, -0.2) is 0 Å². The first-order valence-corrected chi connectivity index (χ1v) is 7.64. The third-order valence-electron chi connectivity index (χ3n) is 3.38. The Kier molecular flexibility index (Phi) is 5.86. The van der Waals surface area contributed by atoms with Crippen LogP contribution in [0.2, 0.25) is 10.0 Å². The lowest BCUT2D eigenvalue weighted by atomic mass is 10.0. The summed E-state index contributed by atoms with van der Waals surface area (Å²) in [4.78, 5) is 10.6. The molecule has 2 aromatic carbocycles. The van der Waals surface area contributed by atoms with E-state index in [0.717, 1.165) is 0 Å². The van der Waals surface area contributed by atoms with Crippen molar-refractivity contribution in [2.24, 2.45) is 0 Å². The van der Waals surface area contributed by atoms with Gasteiger partial charge in [0.1, 0.15) is 5.75 Å². The average Bonchev–Trinajstić information content (AvgIpc) is 2.61. The number of halogens is 2. The highest BCUT2D eigenvalue weighted by molar-refractivity contribution is 6.42. The summed E-state index contributed by atoms with van der Waals surface area (Å²) in [6.07, 6.45) is 1.48. The molecule has 0 N–H and O–H groups in total. The van der Waals surface area contributed by atoms with Gasteiger partial charge in [-0.2, -0.15) is 5.26 Å². The summed E-state index contributed by atoms with van der Waals surface area (Å²) < 4.78 is 10.3. The predicted molar refractivity (Wildman–Crippen MR) is 96.1 cm³/mol. The fourth-order valence-corrected chi connectivity index (χ4v) is 2.46. The van der Waals surface area contributed by atoms with Gasteiger partial charge in [0.2, 0.25) is 5.75 Å². The van der Waals surface area contributed by atoms with E-state index in [0.29, 0.717) is 26.9 Å². The molecule has 0 aliphatic carbocycles. The molecule has 6 nitrogen and oxygen atoms in total. The first-order chi connectivity index (χ1) is 11.9. The van der Waals surface area contributed by atoms with Gasteiger partial charge in [0.15, 0.2) is 0 Å². The summed E-state index contributed by atoms with van der Waals surface area (Å²) in [5, 5.41) is 21.3. The summed E-state index contributed by atoms with van der Waals surface area (Å²) in [6, 6.07) is 9.47. The van der Waals surface area contributed by atoms with Gasteiger partial charge in [-0.05, 0) is 23.8 Å². The lowest BCUT2D eigenvalue weighted by Gasteiger charge is -2.09. The predicted octanol–water partition coefficient (Wildman–Crippen LogP) is 4.98. The van der Waals surface area contributed by atoms with Crippen LogP contribution < -0.4 is 9.47 Å². The maximum atomic E-state index is 11.2. The van der Waals surface area contributed by atoms with E-state index >= 15 is 0 Å². The molecule has 0 atom stereocenters. The van der Waals surface area contributed by atoms with Gasteiger partial charge < -0.3 is 9.47 Å². The number of nitrogens with zero attached hydrogens (tertiary/aromatic N) is 2. The smallest absolute Gasteiger partial charge is 0.311 e. The highest BCUT2D eigenvalue weighted by Gasteiger charge is 2.19. The fraction of sp³-hybridized carbons (Fsp3) is 0.118. The normalized spacial score (nSPS) is 10.9. The topological polar surface area (TPSA) is 85.4 Å². The Hall–Kier alpha value is -2.75. The lowest BCUT2D eigenvalue weighted by molar-refractivity contribution is -0.385. The standard InChI is InChI=1S/C17H12Cl2N2O4/c1-24-16-8-17(25-2)15(21(22)23)7-11(16)5-12(9-20)10-3-4-13(18)14(19)6-10/h3-8H,1-2H3. The summed E-state index contributed by atoms with van der Waals surface area (Å²) in [6.45, 7) is 0. The SMILES string of the molecule is COc1cc(OC)c([N+](=O)[O-])cc1C=C(C#N)c1ccc(Cl)c(Cl)c1. The van der Waals surface area contributed by atoms with Gasteiger partial charge in [-0.15, -0.1) is 0 Å². The Morgan fingerprint density at radius 3 is 2.36 bits per heavy atom. The zero-order valence-corrected chi connectivity index (χ0v) is 14.8.